The summed E-state index contributed by atoms with van der Waals surface area (Å²) in [6.07, 6.45) is 0. The van der Waals surface area contributed by atoms with E-state index in [9.17, 15) is 0 Å². The molecular formula is C37H31BO3. The maximum absolute atomic E-state index is 6.63. The molecule has 41 heavy (non-hydrogen) atoms. The van der Waals surface area contributed by atoms with Crippen LogP contribution in [0.2, 0.25) is 0 Å². The van der Waals surface area contributed by atoms with Gasteiger partial charge in [0, 0.05) is 10.8 Å². The highest BCUT2D eigenvalue weighted by atomic mass is 16.7. The van der Waals surface area contributed by atoms with E-state index in [-0.39, 0.29) is 0 Å². The summed E-state index contributed by atoms with van der Waals surface area (Å²) in [4.78, 5) is 0. The highest BCUT2D eigenvalue weighted by Gasteiger charge is 2.52. The van der Waals surface area contributed by atoms with Crippen molar-refractivity contribution in [3.05, 3.63) is 138 Å². The minimum Gasteiger partial charge on any atom is -0.456 e. The largest absolute Gasteiger partial charge is 0.495 e. The molecule has 1 aliphatic carbocycles. The fourth-order valence-corrected chi connectivity index (χ4v) is 6.95. The van der Waals surface area contributed by atoms with Crippen molar-refractivity contribution < 1.29 is 13.7 Å². The highest BCUT2D eigenvalue weighted by Crippen LogP contribution is 2.57. The second kappa shape index (κ2) is 8.45. The Morgan fingerprint density at radius 2 is 1.15 bits per heavy atom. The Morgan fingerprint density at radius 3 is 1.80 bits per heavy atom. The number of hydrogen-bond donors (Lipinski definition) is 0. The van der Waals surface area contributed by atoms with Gasteiger partial charge in [-0.3, -0.25) is 0 Å². The van der Waals surface area contributed by atoms with Gasteiger partial charge in [0.25, 0.3) is 0 Å². The zero-order chi connectivity index (χ0) is 28.0. The molecule has 5 aromatic carbocycles. The Hall–Kier alpha value is -4.12. The molecule has 3 nitrogen and oxygen atoms in total. The summed E-state index contributed by atoms with van der Waals surface area (Å²) in [5.74, 6) is 0. The Balaban J connectivity index is 1.44. The molecule has 4 heteroatoms. The van der Waals surface area contributed by atoms with Crippen molar-refractivity contribution in [1.29, 1.82) is 0 Å². The van der Waals surface area contributed by atoms with Gasteiger partial charge in [-0.1, -0.05) is 97.1 Å². The van der Waals surface area contributed by atoms with E-state index in [4.69, 9.17) is 13.7 Å². The first-order valence-electron chi connectivity index (χ1n) is 14.4. The molecule has 0 radical (unpaired) electrons. The van der Waals surface area contributed by atoms with Crippen molar-refractivity contribution in [3.8, 4) is 11.1 Å². The van der Waals surface area contributed by atoms with Gasteiger partial charge in [0.05, 0.1) is 16.6 Å². The van der Waals surface area contributed by atoms with Gasteiger partial charge in [-0.05, 0) is 84.7 Å². The summed E-state index contributed by atoms with van der Waals surface area (Å²) in [5.41, 5.74) is 8.88. The van der Waals surface area contributed by atoms with Gasteiger partial charge in [0.1, 0.15) is 11.2 Å². The first-order chi connectivity index (χ1) is 19.8. The van der Waals surface area contributed by atoms with Crippen molar-refractivity contribution in [2.75, 3.05) is 0 Å². The third-order valence-corrected chi connectivity index (χ3v) is 9.61. The number of hydrogen-bond acceptors (Lipinski definition) is 3. The number of fused-ring (bicyclic) bond motifs is 6. The van der Waals surface area contributed by atoms with E-state index < -0.39 is 23.7 Å². The molecule has 1 fully saturated rings. The molecule has 1 aliphatic heterocycles. The average Bonchev–Trinajstić information content (AvgIpc) is 3.57. The van der Waals surface area contributed by atoms with Crippen molar-refractivity contribution in [2.24, 2.45) is 0 Å². The van der Waals surface area contributed by atoms with Gasteiger partial charge in [-0.15, -0.1) is 0 Å². The molecule has 0 unspecified atom stereocenters. The minimum atomic E-state index is -0.474. The van der Waals surface area contributed by atoms with E-state index in [2.05, 4.69) is 131 Å². The Kier molecular flexibility index (Phi) is 5.08. The summed E-state index contributed by atoms with van der Waals surface area (Å²) in [6.45, 7) is 8.38. The second-order valence-corrected chi connectivity index (χ2v) is 12.3. The molecule has 0 bridgehead atoms. The van der Waals surface area contributed by atoms with E-state index >= 15 is 0 Å². The van der Waals surface area contributed by atoms with E-state index in [0.717, 1.165) is 27.4 Å². The van der Waals surface area contributed by atoms with E-state index in [0.29, 0.717) is 0 Å². The van der Waals surface area contributed by atoms with Crippen LogP contribution < -0.4 is 5.46 Å². The standard InChI is InChI=1S/C37H31BO3/c1-35(2)36(3,4)41-38(40-35)31-20-13-21-32-34(31)28-22-27-26-18-11-12-19-29(26)37(24-14-7-5-8-15-24,25-16-9-6-10-17-25)30(27)23-33(28)39-32/h5-23H,1-4H3. The number of benzene rings is 5. The molecule has 2 aliphatic rings. The Morgan fingerprint density at radius 1 is 0.537 bits per heavy atom. The third-order valence-electron chi connectivity index (χ3n) is 9.61. The molecule has 0 N–H and O–H groups in total. The first kappa shape index (κ1) is 24.7. The van der Waals surface area contributed by atoms with Gasteiger partial charge in [-0.25, -0.2) is 0 Å². The van der Waals surface area contributed by atoms with Gasteiger partial charge >= 0.3 is 7.12 Å². The quantitative estimate of drug-likeness (QED) is 0.214. The monoisotopic (exact) mass is 534 g/mol. The van der Waals surface area contributed by atoms with Crippen LogP contribution in [0.5, 0.6) is 0 Å². The van der Waals surface area contributed by atoms with Gasteiger partial charge < -0.3 is 13.7 Å². The normalized spacial score (nSPS) is 18.1. The lowest BCUT2D eigenvalue weighted by molar-refractivity contribution is 0.00578. The molecule has 0 atom stereocenters. The van der Waals surface area contributed by atoms with Gasteiger partial charge in [0.2, 0.25) is 0 Å². The lowest BCUT2D eigenvalue weighted by atomic mass is 9.67. The SMILES string of the molecule is CC1(C)OB(c2cccc3oc4cc5c(cc4c23)-c2ccccc2C5(c2ccccc2)c2ccccc2)OC1(C)C. The Bertz CT molecular complexity index is 1900. The molecule has 1 aromatic heterocycles. The fraction of sp³-hybridized carbons (Fsp3) is 0.189. The Labute approximate surface area is 240 Å². The predicted molar refractivity (Wildman–Crippen MR) is 167 cm³/mol. The van der Waals surface area contributed by atoms with E-state index in [1.165, 1.54) is 33.4 Å². The maximum Gasteiger partial charge on any atom is 0.495 e. The van der Waals surface area contributed by atoms with Crippen molar-refractivity contribution in [2.45, 2.75) is 44.3 Å². The average molecular weight is 534 g/mol. The van der Waals surface area contributed by atoms with Crippen LogP contribution in [0.3, 0.4) is 0 Å². The fourth-order valence-electron chi connectivity index (χ4n) is 6.95. The van der Waals surface area contributed by atoms with Gasteiger partial charge in [0.15, 0.2) is 0 Å². The van der Waals surface area contributed by atoms with Gasteiger partial charge in [-0.2, -0.15) is 0 Å². The second-order valence-electron chi connectivity index (χ2n) is 12.3. The number of furan rings is 1. The number of rotatable bonds is 3. The molecule has 2 heterocycles. The van der Waals surface area contributed by atoms with Crippen LogP contribution in [0.1, 0.15) is 49.9 Å². The summed E-state index contributed by atoms with van der Waals surface area (Å²) in [7, 11) is -0.474. The topological polar surface area (TPSA) is 31.6 Å². The summed E-state index contributed by atoms with van der Waals surface area (Å²) < 4.78 is 19.7. The zero-order valence-corrected chi connectivity index (χ0v) is 23.8. The molecule has 0 saturated carbocycles. The summed E-state index contributed by atoms with van der Waals surface area (Å²) in [6, 6.07) is 41.3. The zero-order valence-electron chi connectivity index (χ0n) is 23.8. The van der Waals surface area contributed by atoms with Crippen LogP contribution in [0, 0.1) is 0 Å². The third kappa shape index (κ3) is 3.29. The molecule has 8 rings (SSSR count). The molecule has 0 spiro atoms. The van der Waals surface area contributed by atoms with Crippen molar-refractivity contribution in [3.63, 3.8) is 0 Å². The van der Waals surface area contributed by atoms with Crippen molar-refractivity contribution in [1.82, 2.24) is 0 Å². The molecule has 0 amide bonds. The summed E-state index contributed by atoms with van der Waals surface area (Å²) in [5, 5.41) is 2.13. The summed E-state index contributed by atoms with van der Waals surface area (Å²) >= 11 is 0. The van der Waals surface area contributed by atoms with Crippen LogP contribution in [-0.2, 0) is 14.7 Å². The lowest BCUT2D eigenvalue weighted by Gasteiger charge is -2.33. The molecule has 6 aromatic rings. The smallest absolute Gasteiger partial charge is 0.456 e. The minimum absolute atomic E-state index is 0.426. The highest BCUT2D eigenvalue weighted by molar-refractivity contribution is 6.66. The molecule has 1 saturated heterocycles. The maximum atomic E-state index is 6.63. The lowest BCUT2D eigenvalue weighted by Crippen LogP contribution is -2.41. The van der Waals surface area contributed by atoms with Crippen LogP contribution in [-0.4, -0.2) is 18.3 Å². The first-order valence-corrected chi connectivity index (χ1v) is 14.4. The molecule has 200 valence electrons. The van der Waals surface area contributed by atoms with Crippen LogP contribution in [0.15, 0.2) is 120 Å². The van der Waals surface area contributed by atoms with Crippen LogP contribution in [0.4, 0.5) is 0 Å². The van der Waals surface area contributed by atoms with Crippen LogP contribution in [0.25, 0.3) is 33.1 Å². The van der Waals surface area contributed by atoms with Crippen LogP contribution >= 0.6 is 0 Å². The van der Waals surface area contributed by atoms with E-state index in [1.54, 1.807) is 0 Å². The predicted octanol–water partition coefficient (Wildman–Crippen LogP) is 8.25. The van der Waals surface area contributed by atoms with E-state index in [1.807, 2.05) is 12.1 Å². The van der Waals surface area contributed by atoms with Crippen molar-refractivity contribution >= 4 is 34.5 Å². The molecular weight excluding hydrogens is 503 g/mol.